The molecule has 0 spiro atoms. The number of nitrogens with two attached hydrogens (primary N) is 1. The molecule has 1 aromatic rings. The van der Waals surface area contributed by atoms with Crippen LogP contribution in [0.15, 0.2) is 18.3 Å². The first-order chi connectivity index (χ1) is 8.29. The summed E-state index contributed by atoms with van der Waals surface area (Å²) >= 11 is 0. The van der Waals surface area contributed by atoms with Crippen molar-refractivity contribution >= 4 is 11.5 Å². The molecule has 0 radical (unpaired) electrons. The average Bonchev–Trinajstić information content (AvgIpc) is 2.38. The SMILES string of the molecule is CCOCC1CCN(c2ccc(N)cn2)CC1. The first kappa shape index (κ1) is 12.2. The van der Waals surface area contributed by atoms with Crippen LogP contribution in [0, 0.1) is 5.92 Å². The monoisotopic (exact) mass is 235 g/mol. The molecule has 0 atom stereocenters. The van der Waals surface area contributed by atoms with Gasteiger partial charge in [-0.05, 0) is 37.8 Å². The van der Waals surface area contributed by atoms with Gasteiger partial charge in [-0.2, -0.15) is 0 Å². The highest BCUT2D eigenvalue weighted by atomic mass is 16.5. The molecule has 2 heterocycles. The number of ether oxygens (including phenoxy) is 1. The summed E-state index contributed by atoms with van der Waals surface area (Å²) in [5, 5.41) is 0. The van der Waals surface area contributed by atoms with Crippen LogP contribution in [0.4, 0.5) is 11.5 Å². The summed E-state index contributed by atoms with van der Waals surface area (Å²) in [5.41, 5.74) is 6.36. The Labute approximate surface area is 103 Å². The number of piperidine rings is 1. The minimum absolute atomic E-state index is 0.708. The van der Waals surface area contributed by atoms with Crippen molar-refractivity contribution in [1.29, 1.82) is 0 Å². The van der Waals surface area contributed by atoms with Crippen molar-refractivity contribution in [3.63, 3.8) is 0 Å². The van der Waals surface area contributed by atoms with Crippen molar-refractivity contribution < 1.29 is 4.74 Å². The fourth-order valence-corrected chi connectivity index (χ4v) is 2.20. The minimum atomic E-state index is 0.708. The number of pyridine rings is 1. The molecule has 1 saturated heterocycles. The zero-order valence-corrected chi connectivity index (χ0v) is 10.4. The predicted octanol–water partition coefficient (Wildman–Crippen LogP) is 1.92. The van der Waals surface area contributed by atoms with Gasteiger partial charge in [-0.15, -0.1) is 0 Å². The van der Waals surface area contributed by atoms with Gasteiger partial charge in [-0.25, -0.2) is 4.98 Å². The molecule has 4 nitrogen and oxygen atoms in total. The molecule has 94 valence electrons. The molecular weight excluding hydrogens is 214 g/mol. The molecule has 2 N–H and O–H groups in total. The number of nitrogens with zero attached hydrogens (tertiary/aromatic N) is 2. The van der Waals surface area contributed by atoms with E-state index in [1.54, 1.807) is 6.20 Å². The Balaban J connectivity index is 1.84. The van der Waals surface area contributed by atoms with E-state index in [0.29, 0.717) is 5.92 Å². The molecule has 1 aromatic heterocycles. The lowest BCUT2D eigenvalue weighted by Crippen LogP contribution is -2.35. The van der Waals surface area contributed by atoms with Gasteiger partial charge in [-0.1, -0.05) is 0 Å². The lowest BCUT2D eigenvalue weighted by Gasteiger charge is -2.32. The summed E-state index contributed by atoms with van der Waals surface area (Å²) in [7, 11) is 0. The van der Waals surface area contributed by atoms with Crippen LogP contribution in [0.2, 0.25) is 0 Å². The zero-order valence-electron chi connectivity index (χ0n) is 10.4. The molecule has 1 aliphatic rings. The number of hydrogen-bond donors (Lipinski definition) is 1. The fraction of sp³-hybridized carbons (Fsp3) is 0.615. The Hall–Kier alpha value is -1.29. The van der Waals surface area contributed by atoms with E-state index in [9.17, 15) is 0 Å². The minimum Gasteiger partial charge on any atom is -0.397 e. The standard InChI is InChI=1S/C13H21N3O/c1-2-17-10-11-5-7-16(8-6-11)13-4-3-12(14)9-15-13/h3-4,9,11H,2,5-8,10,14H2,1H3. The first-order valence-corrected chi connectivity index (χ1v) is 6.34. The normalized spacial score (nSPS) is 17.4. The summed E-state index contributed by atoms with van der Waals surface area (Å²) < 4.78 is 5.48. The Morgan fingerprint density at radius 2 is 2.18 bits per heavy atom. The number of nitrogen functional groups attached to an aromatic ring is 1. The van der Waals surface area contributed by atoms with Gasteiger partial charge in [0.15, 0.2) is 0 Å². The van der Waals surface area contributed by atoms with Crippen LogP contribution >= 0.6 is 0 Å². The van der Waals surface area contributed by atoms with Crippen molar-refractivity contribution in [2.75, 3.05) is 36.9 Å². The summed E-state index contributed by atoms with van der Waals surface area (Å²) in [5.74, 6) is 1.74. The van der Waals surface area contributed by atoms with Gasteiger partial charge in [0.25, 0.3) is 0 Å². The molecule has 0 bridgehead atoms. The van der Waals surface area contributed by atoms with Gasteiger partial charge < -0.3 is 15.4 Å². The van der Waals surface area contributed by atoms with Gasteiger partial charge in [0.1, 0.15) is 5.82 Å². The number of hydrogen-bond acceptors (Lipinski definition) is 4. The second-order valence-corrected chi connectivity index (χ2v) is 4.54. The van der Waals surface area contributed by atoms with E-state index >= 15 is 0 Å². The van der Waals surface area contributed by atoms with E-state index in [1.165, 1.54) is 12.8 Å². The summed E-state index contributed by atoms with van der Waals surface area (Å²) in [6.07, 6.45) is 4.10. The lowest BCUT2D eigenvalue weighted by molar-refractivity contribution is 0.100. The van der Waals surface area contributed by atoms with E-state index in [-0.39, 0.29) is 0 Å². The molecule has 0 saturated carbocycles. The molecule has 2 rings (SSSR count). The maximum atomic E-state index is 5.64. The molecule has 17 heavy (non-hydrogen) atoms. The van der Waals surface area contributed by atoms with Crippen LogP contribution in [-0.4, -0.2) is 31.3 Å². The number of rotatable bonds is 4. The van der Waals surface area contributed by atoms with E-state index in [2.05, 4.69) is 9.88 Å². The van der Waals surface area contributed by atoms with Crippen LogP contribution in [0.3, 0.4) is 0 Å². The van der Waals surface area contributed by atoms with Crippen LogP contribution in [-0.2, 0) is 4.74 Å². The maximum Gasteiger partial charge on any atom is 0.128 e. The van der Waals surface area contributed by atoms with Gasteiger partial charge in [0.2, 0.25) is 0 Å². The fourth-order valence-electron chi connectivity index (χ4n) is 2.20. The largest absolute Gasteiger partial charge is 0.397 e. The van der Waals surface area contributed by atoms with Crippen molar-refractivity contribution in [2.45, 2.75) is 19.8 Å². The van der Waals surface area contributed by atoms with Crippen molar-refractivity contribution in [1.82, 2.24) is 4.98 Å². The Morgan fingerprint density at radius 1 is 1.41 bits per heavy atom. The van der Waals surface area contributed by atoms with Gasteiger partial charge >= 0.3 is 0 Å². The molecule has 1 fully saturated rings. The second kappa shape index (κ2) is 5.87. The van der Waals surface area contributed by atoms with Crippen molar-refractivity contribution in [3.8, 4) is 0 Å². The maximum absolute atomic E-state index is 5.64. The first-order valence-electron chi connectivity index (χ1n) is 6.34. The third kappa shape index (κ3) is 3.33. The highest BCUT2D eigenvalue weighted by molar-refractivity contribution is 5.45. The third-order valence-corrected chi connectivity index (χ3v) is 3.27. The Morgan fingerprint density at radius 3 is 2.76 bits per heavy atom. The summed E-state index contributed by atoms with van der Waals surface area (Å²) in [6, 6.07) is 3.91. The molecule has 0 aromatic carbocycles. The second-order valence-electron chi connectivity index (χ2n) is 4.54. The van der Waals surface area contributed by atoms with Crippen molar-refractivity contribution in [2.24, 2.45) is 5.92 Å². The van der Waals surface area contributed by atoms with Crippen LogP contribution in [0.1, 0.15) is 19.8 Å². The highest BCUT2D eigenvalue weighted by Crippen LogP contribution is 2.22. The number of anilines is 2. The zero-order chi connectivity index (χ0) is 12.1. The Bertz CT molecular complexity index is 331. The van der Waals surface area contributed by atoms with Crippen LogP contribution in [0.5, 0.6) is 0 Å². The molecule has 0 aliphatic carbocycles. The van der Waals surface area contributed by atoms with Crippen LogP contribution in [0.25, 0.3) is 0 Å². The van der Waals surface area contributed by atoms with Crippen LogP contribution < -0.4 is 10.6 Å². The average molecular weight is 235 g/mol. The predicted molar refractivity (Wildman–Crippen MR) is 70.1 cm³/mol. The smallest absolute Gasteiger partial charge is 0.128 e. The third-order valence-electron chi connectivity index (χ3n) is 3.27. The van der Waals surface area contributed by atoms with Gasteiger partial charge in [-0.3, -0.25) is 0 Å². The quantitative estimate of drug-likeness (QED) is 0.866. The molecular formula is C13H21N3O. The molecule has 1 aliphatic heterocycles. The van der Waals surface area contributed by atoms with E-state index in [1.807, 2.05) is 19.1 Å². The number of aromatic nitrogens is 1. The van der Waals surface area contributed by atoms with Crippen molar-refractivity contribution in [3.05, 3.63) is 18.3 Å². The molecule has 4 heteroatoms. The van der Waals surface area contributed by atoms with Gasteiger partial charge in [0.05, 0.1) is 11.9 Å². The van der Waals surface area contributed by atoms with E-state index < -0.39 is 0 Å². The summed E-state index contributed by atoms with van der Waals surface area (Å²) in [6.45, 7) is 5.90. The van der Waals surface area contributed by atoms with Gasteiger partial charge in [0, 0.05) is 26.3 Å². The molecule has 0 amide bonds. The Kier molecular flexibility index (Phi) is 4.20. The summed E-state index contributed by atoms with van der Waals surface area (Å²) in [4.78, 5) is 6.68. The topological polar surface area (TPSA) is 51.4 Å². The van der Waals surface area contributed by atoms with E-state index in [0.717, 1.165) is 37.8 Å². The lowest BCUT2D eigenvalue weighted by atomic mass is 9.98. The highest BCUT2D eigenvalue weighted by Gasteiger charge is 2.19. The van der Waals surface area contributed by atoms with E-state index in [4.69, 9.17) is 10.5 Å². The molecule has 0 unspecified atom stereocenters.